The van der Waals surface area contributed by atoms with Gasteiger partial charge in [0, 0.05) is 24.5 Å². The zero-order chi connectivity index (χ0) is 20.9. The van der Waals surface area contributed by atoms with Crippen molar-refractivity contribution in [1.82, 2.24) is 15.8 Å². The molecule has 0 bridgehead atoms. The molecule has 29 heavy (non-hydrogen) atoms. The van der Waals surface area contributed by atoms with E-state index >= 15 is 0 Å². The van der Waals surface area contributed by atoms with Crippen LogP contribution in [0.3, 0.4) is 0 Å². The molecule has 0 saturated carbocycles. The number of hydrogen-bond donors (Lipinski definition) is 2. The summed E-state index contributed by atoms with van der Waals surface area (Å²) in [6, 6.07) is 4.34. The number of aromatic nitrogens is 1. The molecule has 1 saturated heterocycles. The highest BCUT2D eigenvalue weighted by Crippen LogP contribution is 2.29. The molecule has 2 heterocycles. The highest BCUT2D eigenvalue weighted by atomic mass is 32.1. The van der Waals surface area contributed by atoms with Crippen molar-refractivity contribution in [2.45, 2.75) is 6.18 Å². The quantitative estimate of drug-likeness (QED) is 0.580. The average Bonchev–Trinajstić information content (AvgIpc) is 3.21. The second kappa shape index (κ2) is 9.05. The Hall–Kier alpha value is -2.92. The molecular formula is C18H17F3N4O3S. The Morgan fingerprint density at radius 2 is 1.83 bits per heavy atom. The fraction of sp³-hybridized carbons (Fsp3) is 0.278. The highest BCUT2D eigenvalue weighted by Gasteiger charge is 2.29. The number of morpholine rings is 1. The molecule has 0 atom stereocenters. The fourth-order valence-corrected chi connectivity index (χ4v) is 3.31. The van der Waals surface area contributed by atoms with E-state index < -0.39 is 23.6 Å². The van der Waals surface area contributed by atoms with Crippen molar-refractivity contribution in [2.24, 2.45) is 0 Å². The fourth-order valence-electron chi connectivity index (χ4n) is 2.45. The van der Waals surface area contributed by atoms with E-state index in [1.807, 2.05) is 4.90 Å². The lowest BCUT2D eigenvalue weighted by Gasteiger charge is -2.25. The van der Waals surface area contributed by atoms with E-state index in [2.05, 4.69) is 15.8 Å². The number of thiazole rings is 1. The molecule has 7 nitrogen and oxygen atoms in total. The lowest BCUT2D eigenvalue weighted by molar-refractivity contribution is -0.137. The SMILES string of the molecule is O=C(/C=C/c1ccc(C(F)(F)F)cc1)NNC(=O)c1csc(N2CCOCC2)n1. The Labute approximate surface area is 168 Å². The summed E-state index contributed by atoms with van der Waals surface area (Å²) in [7, 11) is 0. The van der Waals surface area contributed by atoms with Gasteiger partial charge in [-0.3, -0.25) is 20.4 Å². The summed E-state index contributed by atoms with van der Waals surface area (Å²) in [6.45, 7) is 2.59. The van der Waals surface area contributed by atoms with Crippen LogP contribution in [0.25, 0.3) is 6.08 Å². The number of alkyl halides is 3. The van der Waals surface area contributed by atoms with Crippen molar-refractivity contribution in [2.75, 3.05) is 31.2 Å². The largest absolute Gasteiger partial charge is 0.416 e. The van der Waals surface area contributed by atoms with Gasteiger partial charge >= 0.3 is 6.18 Å². The Balaban J connectivity index is 1.49. The van der Waals surface area contributed by atoms with Gasteiger partial charge in [-0.2, -0.15) is 13.2 Å². The predicted octanol–water partition coefficient (Wildman–Crippen LogP) is 2.47. The molecule has 1 fully saturated rings. The van der Waals surface area contributed by atoms with Gasteiger partial charge in [0.1, 0.15) is 5.69 Å². The van der Waals surface area contributed by atoms with E-state index in [-0.39, 0.29) is 5.69 Å². The second-order valence-corrected chi connectivity index (χ2v) is 6.85. The van der Waals surface area contributed by atoms with Crippen LogP contribution in [0.4, 0.5) is 18.3 Å². The standard InChI is InChI=1S/C18H17F3N4O3S/c19-18(20,21)13-4-1-12(2-5-13)3-6-15(26)23-24-16(27)14-11-29-17(22-14)25-7-9-28-10-8-25/h1-6,11H,7-10H2,(H,23,26)(H,24,27)/b6-3+. The first-order valence-electron chi connectivity index (χ1n) is 8.57. The Kier molecular flexibility index (Phi) is 6.49. The van der Waals surface area contributed by atoms with Crippen LogP contribution in [-0.4, -0.2) is 43.1 Å². The number of hydrogen-bond acceptors (Lipinski definition) is 6. The number of amides is 2. The molecule has 154 valence electrons. The molecule has 2 amide bonds. The average molecular weight is 426 g/mol. The van der Waals surface area contributed by atoms with Gasteiger partial charge in [-0.05, 0) is 23.8 Å². The number of rotatable bonds is 4. The number of benzene rings is 1. The van der Waals surface area contributed by atoms with Crippen molar-refractivity contribution in [1.29, 1.82) is 0 Å². The van der Waals surface area contributed by atoms with Crippen LogP contribution < -0.4 is 15.8 Å². The maximum absolute atomic E-state index is 12.5. The third kappa shape index (κ3) is 5.78. The number of anilines is 1. The zero-order valence-corrected chi connectivity index (χ0v) is 15.8. The van der Waals surface area contributed by atoms with Crippen LogP contribution in [0.15, 0.2) is 35.7 Å². The Bertz CT molecular complexity index is 891. The first-order valence-corrected chi connectivity index (χ1v) is 9.45. The highest BCUT2D eigenvalue weighted by molar-refractivity contribution is 7.13. The lowest BCUT2D eigenvalue weighted by Crippen LogP contribution is -2.41. The first-order chi connectivity index (χ1) is 13.8. The number of nitrogens with one attached hydrogen (secondary N) is 2. The number of ether oxygens (including phenoxy) is 1. The van der Waals surface area contributed by atoms with Crippen molar-refractivity contribution in [3.05, 3.63) is 52.5 Å². The molecule has 2 aromatic rings. The van der Waals surface area contributed by atoms with Crippen molar-refractivity contribution >= 4 is 34.4 Å². The summed E-state index contributed by atoms with van der Waals surface area (Å²) in [5.41, 5.74) is 4.25. The van der Waals surface area contributed by atoms with Gasteiger partial charge in [-0.15, -0.1) is 11.3 Å². The molecule has 0 spiro atoms. The summed E-state index contributed by atoms with van der Waals surface area (Å²) in [6.07, 6.45) is -1.98. The lowest BCUT2D eigenvalue weighted by atomic mass is 10.1. The molecule has 11 heteroatoms. The van der Waals surface area contributed by atoms with E-state index in [9.17, 15) is 22.8 Å². The molecule has 0 aliphatic carbocycles. The molecule has 0 unspecified atom stereocenters. The maximum Gasteiger partial charge on any atom is 0.416 e. The van der Waals surface area contributed by atoms with Crippen molar-refractivity contribution in [3.8, 4) is 0 Å². The minimum atomic E-state index is -4.42. The third-order valence-corrected chi connectivity index (χ3v) is 4.87. The van der Waals surface area contributed by atoms with Crippen molar-refractivity contribution in [3.63, 3.8) is 0 Å². The molecule has 1 aliphatic heterocycles. The summed E-state index contributed by atoms with van der Waals surface area (Å²) < 4.78 is 42.8. The number of halogens is 3. The maximum atomic E-state index is 12.5. The number of carbonyl (C=O) groups is 2. The van der Waals surface area contributed by atoms with Gasteiger partial charge in [0.05, 0.1) is 18.8 Å². The topological polar surface area (TPSA) is 83.6 Å². The van der Waals surface area contributed by atoms with Gasteiger partial charge in [0.25, 0.3) is 11.8 Å². The number of hydrazine groups is 1. The predicted molar refractivity (Wildman–Crippen MR) is 101 cm³/mol. The summed E-state index contributed by atoms with van der Waals surface area (Å²) in [4.78, 5) is 30.2. The van der Waals surface area contributed by atoms with E-state index in [4.69, 9.17) is 4.74 Å². The number of nitrogens with zero attached hydrogens (tertiary/aromatic N) is 2. The van der Waals surface area contributed by atoms with Gasteiger partial charge in [-0.25, -0.2) is 4.98 Å². The normalized spacial score (nSPS) is 14.8. The van der Waals surface area contributed by atoms with Crippen LogP contribution in [-0.2, 0) is 15.7 Å². The molecule has 3 rings (SSSR count). The number of carbonyl (C=O) groups excluding carboxylic acids is 2. The van der Waals surface area contributed by atoms with E-state index in [0.29, 0.717) is 37.0 Å². The van der Waals surface area contributed by atoms with Gasteiger partial charge in [0.2, 0.25) is 0 Å². The van der Waals surface area contributed by atoms with Crippen LogP contribution in [0.1, 0.15) is 21.6 Å². The summed E-state index contributed by atoms with van der Waals surface area (Å²) >= 11 is 1.32. The molecule has 1 aromatic heterocycles. The van der Waals surface area contributed by atoms with E-state index in [1.54, 1.807) is 5.38 Å². The molecule has 1 aromatic carbocycles. The molecule has 0 radical (unpaired) electrons. The molecule has 1 aliphatic rings. The minimum Gasteiger partial charge on any atom is -0.378 e. The van der Waals surface area contributed by atoms with Gasteiger partial charge in [-0.1, -0.05) is 12.1 Å². The van der Waals surface area contributed by atoms with Gasteiger partial charge < -0.3 is 9.64 Å². The van der Waals surface area contributed by atoms with Crippen LogP contribution >= 0.6 is 11.3 Å². The first kappa shape index (κ1) is 20.8. The minimum absolute atomic E-state index is 0.170. The van der Waals surface area contributed by atoms with Crippen LogP contribution in [0.5, 0.6) is 0 Å². The smallest absolute Gasteiger partial charge is 0.378 e. The third-order valence-electron chi connectivity index (χ3n) is 3.97. The van der Waals surface area contributed by atoms with E-state index in [0.717, 1.165) is 18.2 Å². The van der Waals surface area contributed by atoms with Crippen LogP contribution in [0.2, 0.25) is 0 Å². The van der Waals surface area contributed by atoms with E-state index in [1.165, 1.54) is 29.5 Å². The second-order valence-electron chi connectivity index (χ2n) is 6.01. The zero-order valence-electron chi connectivity index (χ0n) is 15.0. The Morgan fingerprint density at radius 1 is 1.14 bits per heavy atom. The summed E-state index contributed by atoms with van der Waals surface area (Å²) in [5.74, 6) is -1.21. The van der Waals surface area contributed by atoms with Crippen molar-refractivity contribution < 1.29 is 27.5 Å². The molecular weight excluding hydrogens is 409 g/mol. The van der Waals surface area contributed by atoms with Crippen LogP contribution in [0, 0.1) is 0 Å². The monoisotopic (exact) mass is 426 g/mol. The Morgan fingerprint density at radius 3 is 2.48 bits per heavy atom. The molecule has 2 N–H and O–H groups in total. The summed E-state index contributed by atoms with van der Waals surface area (Å²) in [5, 5.41) is 2.29. The van der Waals surface area contributed by atoms with Gasteiger partial charge in [0.15, 0.2) is 5.13 Å².